The van der Waals surface area contributed by atoms with Crippen LogP contribution < -0.4 is 10.1 Å². The predicted octanol–water partition coefficient (Wildman–Crippen LogP) is 4.30. The zero-order valence-corrected chi connectivity index (χ0v) is 13.3. The van der Waals surface area contributed by atoms with Crippen LogP contribution in [-0.2, 0) is 4.79 Å². The standard InChI is InChI=1S/C16H15BrFNO2/c1-10-6-7-15(14(17)8-10)21-11(2)16(20)19-13-5-3-4-12(18)9-13/h3-9,11H,1-2H3,(H,19,20). The van der Waals surface area contributed by atoms with Crippen molar-refractivity contribution < 1.29 is 13.9 Å². The fourth-order valence-corrected chi connectivity index (χ4v) is 2.34. The minimum atomic E-state index is -0.702. The molecule has 1 N–H and O–H groups in total. The van der Waals surface area contributed by atoms with Crippen molar-refractivity contribution >= 4 is 27.5 Å². The Morgan fingerprint density at radius 1 is 1.29 bits per heavy atom. The SMILES string of the molecule is Cc1ccc(OC(C)C(=O)Nc2cccc(F)c2)c(Br)c1. The fraction of sp³-hybridized carbons (Fsp3) is 0.188. The van der Waals surface area contributed by atoms with E-state index < -0.39 is 11.9 Å². The normalized spacial score (nSPS) is 11.8. The Kier molecular flexibility index (Phi) is 4.96. The van der Waals surface area contributed by atoms with Crippen molar-refractivity contribution in [2.75, 3.05) is 5.32 Å². The van der Waals surface area contributed by atoms with Crippen LogP contribution in [0, 0.1) is 12.7 Å². The highest BCUT2D eigenvalue weighted by atomic mass is 79.9. The molecule has 0 aliphatic rings. The van der Waals surface area contributed by atoms with Gasteiger partial charge in [0, 0.05) is 5.69 Å². The number of benzene rings is 2. The summed E-state index contributed by atoms with van der Waals surface area (Å²) in [5, 5.41) is 2.61. The Labute approximate surface area is 131 Å². The Hall–Kier alpha value is -1.88. The molecule has 0 saturated carbocycles. The monoisotopic (exact) mass is 351 g/mol. The lowest BCUT2D eigenvalue weighted by Crippen LogP contribution is -2.30. The number of hydrogen-bond donors (Lipinski definition) is 1. The summed E-state index contributed by atoms with van der Waals surface area (Å²) in [5.74, 6) is -0.154. The number of anilines is 1. The molecule has 1 atom stereocenters. The highest BCUT2D eigenvalue weighted by Crippen LogP contribution is 2.26. The van der Waals surface area contributed by atoms with Crippen LogP contribution in [0.4, 0.5) is 10.1 Å². The van der Waals surface area contributed by atoms with Crippen molar-refractivity contribution in [3.8, 4) is 5.75 Å². The first-order valence-corrected chi connectivity index (χ1v) is 7.24. The molecule has 0 radical (unpaired) electrons. The van der Waals surface area contributed by atoms with Gasteiger partial charge in [0.25, 0.3) is 5.91 Å². The molecule has 0 saturated heterocycles. The maximum atomic E-state index is 13.1. The molecule has 2 aromatic rings. The molecule has 21 heavy (non-hydrogen) atoms. The summed E-state index contributed by atoms with van der Waals surface area (Å²) in [4.78, 5) is 12.0. The third-order valence-electron chi connectivity index (χ3n) is 2.85. The van der Waals surface area contributed by atoms with E-state index in [4.69, 9.17) is 4.74 Å². The molecule has 0 aromatic heterocycles. The van der Waals surface area contributed by atoms with Crippen LogP contribution in [0.3, 0.4) is 0 Å². The third-order valence-corrected chi connectivity index (χ3v) is 3.47. The number of nitrogens with one attached hydrogen (secondary N) is 1. The predicted molar refractivity (Wildman–Crippen MR) is 84.0 cm³/mol. The maximum absolute atomic E-state index is 13.1. The average Bonchev–Trinajstić information content (AvgIpc) is 2.41. The van der Waals surface area contributed by atoms with Crippen molar-refractivity contribution in [1.82, 2.24) is 0 Å². The Balaban J connectivity index is 2.02. The van der Waals surface area contributed by atoms with E-state index in [-0.39, 0.29) is 5.91 Å². The number of amides is 1. The summed E-state index contributed by atoms with van der Waals surface area (Å²) in [7, 11) is 0. The van der Waals surface area contributed by atoms with E-state index in [1.54, 1.807) is 19.1 Å². The van der Waals surface area contributed by atoms with Crippen LogP contribution in [0.5, 0.6) is 5.75 Å². The summed E-state index contributed by atoms with van der Waals surface area (Å²) in [6, 6.07) is 11.3. The summed E-state index contributed by atoms with van der Waals surface area (Å²) < 4.78 is 19.5. The van der Waals surface area contributed by atoms with E-state index in [2.05, 4.69) is 21.2 Å². The molecule has 0 spiro atoms. The van der Waals surface area contributed by atoms with Gasteiger partial charge in [-0.2, -0.15) is 0 Å². The lowest BCUT2D eigenvalue weighted by atomic mass is 10.2. The molecule has 0 aliphatic carbocycles. The number of rotatable bonds is 4. The molecule has 0 bridgehead atoms. The first kappa shape index (κ1) is 15.5. The largest absolute Gasteiger partial charge is 0.480 e. The van der Waals surface area contributed by atoms with Crippen molar-refractivity contribution in [3.63, 3.8) is 0 Å². The molecule has 110 valence electrons. The van der Waals surface area contributed by atoms with E-state index in [0.29, 0.717) is 11.4 Å². The molecule has 0 aliphatic heterocycles. The van der Waals surface area contributed by atoms with Crippen LogP contribution in [0.25, 0.3) is 0 Å². The lowest BCUT2D eigenvalue weighted by Gasteiger charge is -2.16. The van der Waals surface area contributed by atoms with Crippen LogP contribution in [0.2, 0.25) is 0 Å². The summed E-state index contributed by atoms with van der Waals surface area (Å²) in [6.45, 7) is 3.61. The smallest absolute Gasteiger partial charge is 0.265 e. The minimum absolute atomic E-state index is 0.340. The van der Waals surface area contributed by atoms with Gasteiger partial charge < -0.3 is 10.1 Å². The van der Waals surface area contributed by atoms with Gasteiger partial charge in [-0.25, -0.2) is 4.39 Å². The van der Waals surface area contributed by atoms with Gasteiger partial charge in [-0.3, -0.25) is 4.79 Å². The van der Waals surface area contributed by atoms with Gasteiger partial charge in [0.2, 0.25) is 0 Å². The first-order valence-electron chi connectivity index (χ1n) is 6.45. The number of aryl methyl sites for hydroxylation is 1. The summed E-state index contributed by atoms with van der Waals surface area (Å²) in [6.07, 6.45) is -0.702. The third kappa shape index (κ3) is 4.29. The van der Waals surface area contributed by atoms with E-state index >= 15 is 0 Å². The first-order chi connectivity index (χ1) is 9.95. The summed E-state index contributed by atoms with van der Waals surface area (Å²) in [5.41, 5.74) is 1.49. The van der Waals surface area contributed by atoms with Crippen LogP contribution in [-0.4, -0.2) is 12.0 Å². The van der Waals surface area contributed by atoms with E-state index in [9.17, 15) is 9.18 Å². The van der Waals surface area contributed by atoms with E-state index in [1.165, 1.54) is 18.2 Å². The number of hydrogen-bond acceptors (Lipinski definition) is 2. The Bertz CT molecular complexity index is 660. The highest BCUT2D eigenvalue weighted by Gasteiger charge is 2.16. The number of carbonyl (C=O) groups excluding carboxylic acids is 1. The number of carbonyl (C=O) groups is 1. The van der Waals surface area contributed by atoms with Gasteiger partial charge in [-0.1, -0.05) is 12.1 Å². The van der Waals surface area contributed by atoms with Gasteiger partial charge in [-0.15, -0.1) is 0 Å². The Morgan fingerprint density at radius 2 is 2.05 bits per heavy atom. The van der Waals surface area contributed by atoms with Gasteiger partial charge in [0.1, 0.15) is 11.6 Å². The zero-order valence-electron chi connectivity index (χ0n) is 11.7. The average molecular weight is 352 g/mol. The highest BCUT2D eigenvalue weighted by molar-refractivity contribution is 9.10. The zero-order chi connectivity index (χ0) is 15.4. The lowest BCUT2D eigenvalue weighted by molar-refractivity contribution is -0.122. The van der Waals surface area contributed by atoms with Crippen molar-refractivity contribution in [3.05, 3.63) is 58.3 Å². The molecule has 1 amide bonds. The molecule has 2 aromatic carbocycles. The van der Waals surface area contributed by atoms with Gasteiger partial charge in [0.05, 0.1) is 4.47 Å². The van der Waals surface area contributed by atoms with Gasteiger partial charge in [-0.05, 0) is 65.7 Å². The van der Waals surface area contributed by atoms with E-state index in [1.807, 2.05) is 19.1 Å². The van der Waals surface area contributed by atoms with Crippen molar-refractivity contribution in [1.29, 1.82) is 0 Å². The molecule has 3 nitrogen and oxygen atoms in total. The van der Waals surface area contributed by atoms with Gasteiger partial charge >= 0.3 is 0 Å². The number of halogens is 2. The minimum Gasteiger partial charge on any atom is -0.480 e. The van der Waals surface area contributed by atoms with Crippen molar-refractivity contribution in [2.24, 2.45) is 0 Å². The molecule has 2 rings (SSSR count). The fourth-order valence-electron chi connectivity index (χ4n) is 1.76. The van der Waals surface area contributed by atoms with Crippen LogP contribution in [0.1, 0.15) is 12.5 Å². The molecule has 1 unspecified atom stereocenters. The second-order valence-electron chi connectivity index (χ2n) is 4.69. The van der Waals surface area contributed by atoms with Crippen LogP contribution in [0.15, 0.2) is 46.9 Å². The van der Waals surface area contributed by atoms with Crippen molar-refractivity contribution in [2.45, 2.75) is 20.0 Å². The van der Waals surface area contributed by atoms with Crippen LogP contribution >= 0.6 is 15.9 Å². The quantitative estimate of drug-likeness (QED) is 0.891. The molecular formula is C16H15BrFNO2. The van der Waals surface area contributed by atoms with E-state index in [0.717, 1.165) is 10.0 Å². The Morgan fingerprint density at radius 3 is 2.71 bits per heavy atom. The molecular weight excluding hydrogens is 337 g/mol. The topological polar surface area (TPSA) is 38.3 Å². The van der Waals surface area contributed by atoms with Gasteiger partial charge in [0.15, 0.2) is 6.10 Å². The molecule has 0 fully saturated rings. The second kappa shape index (κ2) is 6.72. The second-order valence-corrected chi connectivity index (χ2v) is 5.55. The molecule has 0 heterocycles. The number of ether oxygens (including phenoxy) is 1. The maximum Gasteiger partial charge on any atom is 0.265 e. The summed E-state index contributed by atoms with van der Waals surface area (Å²) >= 11 is 3.39. The molecule has 5 heteroatoms.